The Bertz CT molecular complexity index is 1250. The van der Waals surface area contributed by atoms with Gasteiger partial charge in [-0.3, -0.25) is 23.4 Å². The molecule has 0 aliphatic heterocycles. The SMILES string of the molecule is CCCCC/C=C\C/C=C\C/C=C\C/C=C\C/C=C\CCC(=O)OC[C@H](COP(=O)(O)OC[C@H](N)C(=O)O)OC(=O)CCCCCCCCCCCCCCCCCCC. The topological polar surface area (TPSA) is 172 Å². The highest BCUT2D eigenvalue weighted by Gasteiger charge is 2.28. The van der Waals surface area contributed by atoms with Gasteiger partial charge in [-0.05, 0) is 51.4 Å². The van der Waals surface area contributed by atoms with Crippen LogP contribution in [0.3, 0.4) is 0 Å². The highest BCUT2D eigenvalue weighted by Crippen LogP contribution is 2.43. The number of hydrogen-bond donors (Lipinski definition) is 3. The van der Waals surface area contributed by atoms with Crippen molar-refractivity contribution in [2.24, 2.45) is 5.73 Å². The van der Waals surface area contributed by atoms with Gasteiger partial charge in [-0.15, -0.1) is 0 Å². The number of rotatable bonds is 43. The Labute approximate surface area is 364 Å². The smallest absolute Gasteiger partial charge is 0.472 e. The normalized spacial score (nSPS) is 14.2. The zero-order valence-electron chi connectivity index (χ0n) is 37.5. The number of aliphatic carboxylic acids is 1. The molecule has 0 aliphatic carbocycles. The van der Waals surface area contributed by atoms with Crippen LogP contribution in [0.2, 0.25) is 0 Å². The van der Waals surface area contributed by atoms with Gasteiger partial charge in [0.05, 0.1) is 13.2 Å². The summed E-state index contributed by atoms with van der Waals surface area (Å²) >= 11 is 0. The first-order chi connectivity index (χ1) is 29.1. The van der Waals surface area contributed by atoms with Gasteiger partial charge in [0.1, 0.15) is 12.6 Å². The van der Waals surface area contributed by atoms with E-state index in [-0.39, 0.29) is 19.4 Å². The molecular formula is C48H84NO10P. The van der Waals surface area contributed by atoms with Crippen molar-refractivity contribution >= 4 is 25.7 Å². The van der Waals surface area contributed by atoms with Crippen LogP contribution >= 0.6 is 7.82 Å². The molecule has 1 unspecified atom stereocenters. The van der Waals surface area contributed by atoms with Gasteiger partial charge in [-0.25, -0.2) is 4.57 Å². The van der Waals surface area contributed by atoms with E-state index in [0.29, 0.717) is 12.8 Å². The lowest BCUT2D eigenvalue weighted by molar-refractivity contribution is -0.161. The minimum Gasteiger partial charge on any atom is -0.480 e. The van der Waals surface area contributed by atoms with Crippen LogP contribution in [0.25, 0.3) is 0 Å². The molecule has 11 nitrogen and oxygen atoms in total. The molecular weight excluding hydrogens is 781 g/mol. The van der Waals surface area contributed by atoms with Gasteiger partial charge in [0.2, 0.25) is 0 Å². The maximum absolute atomic E-state index is 12.6. The van der Waals surface area contributed by atoms with E-state index < -0.39 is 51.1 Å². The average molecular weight is 866 g/mol. The van der Waals surface area contributed by atoms with E-state index >= 15 is 0 Å². The third kappa shape index (κ3) is 41.9. The largest absolute Gasteiger partial charge is 0.480 e. The van der Waals surface area contributed by atoms with E-state index in [2.05, 4.69) is 67.0 Å². The van der Waals surface area contributed by atoms with E-state index in [1.165, 1.54) is 109 Å². The number of phosphoric acid groups is 1. The standard InChI is InChI=1S/C48H84NO10P/c1-3-5-7-9-11-13-15-17-19-21-22-24-25-27-29-31-33-35-37-39-46(50)56-41-44(42-57-60(54,55)58-43-45(49)48(52)53)59-47(51)40-38-36-34-32-30-28-26-23-20-18-16-14-12-10-8-6-4-2/h11,13,17,19,22,24,27,29,33,35,44-45H,3-10,12,14-16,18,20-21,23,25-26,28,30-32,34,36-43,49H2,1-2H3,(H,52,53)(H,54,55)/b13-11-,19-17-,24-22-,29-27-,35-33-/t44-,45+/m1/s1. The predicted octanol–water partition coefficient (Wildman–Crippen LogP) is 12.7. The molecule has 0 fully saturated rings. The Hall–Kier alpha value is -2.82. The van der Waals surface area contributed by atoms with E-state index in [0.717, 1.165) is 44.9 Å². The second-order valence-corrected chi connectivity index (χ2v) is 17.0. The van der Waals surface area contributed by atoms with Crippen molar-refractivity contribution in [1.82, 2.24) is 0 Å². The number of hydrogen-bond acceptors (Lipinski definition) is 9. The van der Waals surface area contributed by atoms with Crippen LogP contribution < -0.4 is 5.73 Å². The molecule has 0 aromatic heterocycles. The van der Waals surface area contributed by atoms with Crippen LogP contribution in [0, 0.1) is 0 Å². The molecule has 0 radical (unpaired) electrons. The highest BCUT2D eigenvalue weighted by atomic mass is 31.2. The molecule has 0 amide bonds. The maximum atomic E-state index is 12.6. The summed E-state index contributed by atoms with van der Waals surface area (Å²) in [6.45, 7) is 2.71. The first kappa shape index (κ1) is 57.2. The fourth-order valence-corrected chi connectivity index (χ4v) is 6.88. The summed E-state index contributed by atoms with van der Waals surface area (Å²) < 4.78 is 32.7. The summed E-state index contributed by atoms with van der Waals surface area (Å²) in [5, 5.41) is 8.90. The summed E-state index contributed by atoms with van der Waals surface area (Å²) in [6, 6.07) is -1.53. The van der Waals surface area contributed by atoms with Crippen LogP contribution in [0.5, 0.6) is 0 Å². The quantitative estimate of drug-likeness (QED) is 0.0230. The van der Waals surface area contributed by atoms with Gasteiger partial charge in [-0.1, -0.05) is 190 Å². The molecule has 0 spiro atoms. The molecule has 0 aliphatic rings. The number of carbonyl (C=O) groups is 3. The Balaban J connectivity index is 4.43. The zero-order chi connectivity index (χ0) is 44.2. The van der Waals surface area contributed by atoms with Crippen molar-refractivity contribution in [2.75, 3.05) is 19.8 Å². The van der Waals surface area contributed by atoms with Crippen LogP contribution in [-0.4, -0.2) is 59.9 Å². The summed E-state index contributed by atoms with van der Waals surface area (Å²) in [7, 11) is -4.73. The lowest BCUT2D eigenvalue weighted by Gasteiger charge is -2.20. The molecule has 346 valence electrons. The van der Waals surface area contributed by atoms with Crippen molar-refractivity contribution in [3.8, 4) is 0 Å². The molecule has 0 aromatic carbocycles. The number of unbranched alkanes of at least 4 members (excludes halogenated alkanes) is 19. The molecule has 0 heterocycles. The molecule has 3 atom stereocenters. The van der Waals surface area contributed by atoms with Crippen molar-refractivity contribution < 1.29 is 47.5 Å². The average Bonchev–Trinajstić information content (AvgIpc) is 3.22. The number of nitrogens with two attached hydrogens (primary N) is 1. The summed E-state index contributed by atoms with van der Waals surface area (Å²) in [4.78, 5) is 46.0. The number of carboxylic acid groups (broad SMARTS) is 1. The highest BCUT2D eigenvalue weighted by molar-refractivity contribution is 7.47. The summed E-state index contributed by atoms with van der Waals surface area (Å²) in [5.74, 6) is -2.48. The first-order valence-corrected chi connectivity index (χ1v) is 24.8. The van der Waals surface area contributed by atoms with Crippen molar-refractivity contribution in [2.45, 2.75) is 206 Å². The molecule has 0 rings (SSSR count). The second-order valence-electron chi connectivity index (χ2n) is 15.5. The van der Waals surface area contributed by atoms with Gasteiger partial charge < -0.3 is 25.2 Å². The maximum Gasteiger partial charge on any atom is 0.472 e. The lowest BCUT2D eigenvalue weighted by atomic mass is 10.0. The van der Waals surface area contributed by atoms with Crippen molar-refractivity contribution in [3.63, 3.8) is 0 Å². The van der Waals surface area contributed by atoms with Gasteiger partial charge in [0, 0.05) is 12.8 Å². The minimum atomic E-state index is -4.73. The summed E-state index contributed by atoms with van der Waals surface area (Å²) in [5.41, 5.74) is 5.34. The third-order valence-corrected chi connectivity index (χ3v) is 10.7. The molecule has 0 saturated carbocycles. The fraction of sp³-hybridized carbons (Fsp3) is 0.729. The number of phosphoric ester groups is 1. The Morgan fingerprint density at radius 3 is 1.38 bits per heavy atom. The molecule has 60 heavy (non-hydrogen) atoms. The number of ether oxygens (including phenoxy) is 2. The minimum absolute atomic E-state index is 0.0978. The van der Waals surface area contributed by atoms with E-state index in [4.69, 9.17) is 24.8 Å². The molecule has 4 N–H and O–H groups in total. The van der Waals surface area contributed by atoms with Gasteiger partial charge >= 0.3 is 25.7 Å². The monoisotopic (exact) mass is 866 g/mol. The van der Waals surface area contributed by atoms with Crippen LogP contribution in [-0.2, 0) is 37.5 Å². The lowest BCUT2D eigenvalue weighted by Crippen LogP contribution is -2.34. The second kappa shape index (κ2) is 42.9. The van der Waals surface area contributed by atoms with Crippen molar-refractivity contribution in [3.05, 3.63) is 60.8 Å². The molecule has 0 aromatic rings. The number of esters is 2. The van der Waals surface area contributed by atoms with Gasteiger partial charge in [0.15, 0.2) is 6.10 Å². The Morgan fingerprint density at radius 1 is 0.517 bits per heavy atom. The molecule has 0 bridgehead atoms. The third-order valence-electron chi connectivity index (χ3n) is 9.78. The molecule has 0 saturated heterocycles. The Kier molecular flexibility index (Phi) is 40.8. The number of carbonyl (C=O) groups excluding carboxylic acids is 2. The molecule has 12 heteroatoms. The van der Waals surface area contributed by atoms with Crippen LogP contribution in [0.4, 0.5) is 0 Å². The first-order valence-electron chi connectivity index (χ1n) is 23.3. The van der Waals surface area contributed by atoms with Gasteiger partial charge in [0.25, 0.3) is 0 Å². The number of allylic oxidation sites excluding steroid dienone is 10. The van der Waals surface area contributed by atoms with E-state index in [1.54, 1.807) is 0 Å². The van der Waals surface area contributed by atoms with Crippen LogP contribution in [0.1, 0.15) is 194 Å². The van der Waals surface area contributed by atoms with Crippen molar-refractivity contribution in [1.29, 1.82) is 0 Å². The fourth-order valence-electron chi connectivity index (χ4n) is 6.11. The predicted molar refractivity (Wildman–Crippen MR) is 245 cm³/mol. The van der Waals surface area contributed by atoms with E-state index in [9.17, 15) is 23.8 Å². The van der Waals surface area contributed by atoms with Gasteiger partial charge in [-0.2, -0.15) is 0 Å². The Morgan fingerprint density at radius 2 is 0.917 bits per heavy atom. The van der Waals surface area contributed by atoms with E-state index in [1.807, 2.05) is 12.2 Å². The summed E-state index contributed by atoms with van der Waals surface area (Å²) in [6.07, 6.45) is 50.1. The number of carboxylic acids is 1. The zero-order valence-corrected chi connectivity index (χ0v) is 38.4. The van der Waals surface area contributed by atoms with Crippen LogP contribution in [0.15, 0.2) is 60.8 Å².